The summed E-state index contributed by atoms with van der Waals surface area (Å²) in [5, 5.41) is 15.9. The lowest BCUT2D eigenvalue weighted by Crippen LogP contribution is -2.48. The lowest BCUT2D eigenvalue weighted by Gasteiger charge is -2.35. The fourth-order valence-electron chi connectivity index (χ4n) is 2.70. The number of urea groups is 1. The maximum atomic E-state index is 12.3. The van der Waals surface area contributed by atoms with Gasteiger partial charge in [0.25, 0.3) is 0 Å². The van der Waals surface area contributed by atoms with Gasteiger partial charge in [0, 0.05) is 25.6 Å². The van der Waals surface area contributed by atoms with Gasteiger partial charge in [-0.1, -0.05) is 0 Å². The Morgan fingerprint density at radius 2 is 2.24 bits per heavy atom. The summed E-state index contributed by atoms with van der Waals surface area (Å²) in [5.74, 6) is -0.796. The number of thiophene rings is 1. The van der Waals surface area contributed by atoms with E-state index in [2.05, 4.69) is 10.7 Å². The standard InChI is InChI=1S/C15H22N2O3S/c1-11-9-21-10-12(11)8-16-15(20)17-7-3-2-4-13(17)5-6-14(18)19/h9-10,13H,2-8H2,1H3,(H,16,20)(H,18,19). The fourth-order valence-corrected chi connectivity index (χ4v) is 3.56. The molecule has 0 aliphatic carbocycles. The number of hydrogen-bond acceptors (Lipinski definition) is 3. The van der Waals surface area contributed by atoms with Crippen molar-refractivity contribution in [2.45, 2.75) is 51.6 Å². The SMILES string of the molecule is Cc1cscc1CNC(=O)N1CCCCC1CCC(=O)O. The number of carbonyl (C=O) groups is 2. The number of carboxylic acids is 1. The molecule has 1 aliphatic rings. The van der Waals surface area contributed by atoms with Crippen molar-refractivity contribution < 1.29 is 14.7 Å². The van der Waals surface area contributed by atoms with Crippen LogP contribution in [0, 0.1) is 6.92 Å². The predicted molar refractivity (Wildman–Crippen MR) is 82.5 cm³/mol. The maximum absolute atomic E-state index is 12.3. The second kappa shape index (κ2) is 7.45. The van der Waals surface area contributed by atoms with E-state index < -0.39 is 5.97 Å². The van der Waals surface area contributed by atoms with Gasteiger partial charge in [0.2, 0.25) is 0 Å². The average Bonchev–Trinajstić information content (AvgIpc) is 2.88. The summed E-state index contributed by atoms with van der Waals surface area (Å²) in [6.45, 7) is 3.30. The highest BCUT2D eigenvalue weighted by atomic mass is 32.1. The van der Waals surface area contributed by atoms with Crippen molar-refractivity contribution in [2.75, 3.05) is 6.54 Å². The molecule has 0 radical (unpaired) electrons. The van der Waals surface area contributed by atoms with Crippen LogP contribution >= 0.6 is 11.3 Å². The Morgan fingerprint density at radius 1 is 1.43 bits per heavy atom. The number of nitrogens with zero attached hydrogens (tertiary/aromatic N) is 1. The normalized spacial score (nSPS) is 18.5. The molecular weight excluding hydrogens is 288 g/mol. The minimum Gasteiger partial charge on any atom is -0.481 e. The van der Waals surface area contributed by atoms with Crippen LogP contribution in [0.3, 0.4) is 0 Å². The molecule has 1 saturated heterocycles. The highest BCUT2D eigenvalue weighted by Crippen LogP contribution is 2.21. The van der Waals surface area contributed by atoms with Gasteiger partial charge in [-0.05, 0) is 54.5 Å². The van der Waals surface area contributed by atoms with Crippen molar-refractivity contribution >= 4 is 23.3 Å². The molecule has 1 aromatic rings. The molecule has 1 unspecified atom stereocenters. The Labute approximate surface area is 129 Å². The van der Waals surface area contributed by atoms with E-state index in [9.17, 15) is 9.59 Å². The monoisotopic (exact) mass is 310 g/mol. The summed E-state index contributed by atoms with van der Waals surface area (Å²) in [4.78, 5) is 24.9. The number of likely N-dealkylation sites (tertiary alicyclic amines) is 1. The zero-order valence-electron chi connectivity index (χ0n) is 12.3. The molecule has 2 rings (SSSR count). The van der Waals surface area contributed by atoms with Crippen LogP contribution < -0.4 is 5.32 Å². The van der Waals surface area contributed by atoms with E-state index in [1.165, 1.54) is 5.56 Å². The molecule has 6 heteroatoms. The average molecular weight is 310 g/mol. The van der Waals surface area contributed by atoms with Crippen molar-refractivity contribution in [1.29, 1.82) is 0 Å². The van der Waals surface area contributed by atoms with Gasteiger partial charge in [0.05, 0.1) is 0 Å². The predicted octanol–water partition coefficient (Wildman–Crippen LogP) is 2.99. The van der Waals surface area contributed by atoms with Gasteiger partial charge in [-0.15, -0.1) is 0 Å². The van der Waals surface area contributed by atoms with Crippen LogP contribution in [0.5, 0.6) is 0 Å². The molecule has 0 aromatic carbocycles. The third kappa shape index (κ3) is 4.46. The van der Waals surface area contributed by atoms with Crippen molar-refractivity contribution in [3.8, 4) is 0 Å². The minimum absolute atomic E-state index is 0.0541. The smallest absolute Gasteiger partial charge is 0.317 e. The zero-order chi connectivity index (χ0) is 15.2. The van der Waals surface area contributed by atoms with Gasteiger partial charge in [-0.25, -0.2) is 4.79 Å². The molecule has 1 aliphatic heterocycles. The Balaban J connectivity index is 1.88. The van der Waals surface area contributed by atoms with Crippen LogP contribution in [-0.2, 0) is 11.3 Å². The van der Waals surface area contributed by atoms with Crippen molar-refractivity contribution in [2.24, 2.45) is 0 Å². The number of piperidine rings is 1. The molecule has 116 valence electrons. The van der Waals surface area contributed by atoms with Crippen LogP contribution in [0.4, 0.5) is 4.79 Å². The van der Waals surface area contributed by atoms with E-state index >= 15 is 0 Å². The number of rotatable bonds is 5. The molecule has 21 heavy (non-hydrogen) atoms. The van der Waals surface area contributed by atoms with E-state index in [4.69, 9.17) is 5.11 Å². The molecule has 1 aromatic heterocycles. The summed E-state index contributed by atoms with van der Waals surface area (Å²) in [6.07, 6.45) is 3.63. The number of aryl methyl sites for hydroxylation is 1. The van der Waals surface area contributed by atoms with Crippen LogP contribution in [0.2, 0.25) is 0 Å². The van der Waals surface area contributed by atoms with E-state index in [-0.39, 0.29) is 18.5 Å². The molecule has 2 amide bonds. The summed E-state index contributed by atoms with van der Waals surface area (Å²) in [6, 6.07) is -0.0193. The number of carbonyl (C=O) groups excluding carboxylic acids is 1. The first-order chi connectivity index (χ1) is 10.1. The molecule has 0 bridgehead atoms. The van der Waals surface area contributed by atoms with Crippen molar-refractivity contribution in [3.63, 3.8) is 0 Å². The van der Waals surface area contributed by atoms with Crippen LogP contribution in [0.25, 0.3) is 0 Å². The van der Waals surface area contributed by atoms with E-state index in [1.54, 1.807) is 11.3 Å². The molecule has 5 nitrogen and oxygen atoms in total. The van der Waals surface area contributed by atoms with Crippen molar-refractivity contribution in [3.05, 3.63) is 21.9 Å². The third-order valence-corrected chi connectivity index (χ3v) is 4.88. The van der Waals surface area contributed by atoms with Gasteiger partial charge in [0.15, 0.2) is 0 Å². The van der Waals surface area contributed by atoms with Crippen LogP contribution in [0.1, 0.15) is 43.2 Å². The maximum Gasteiger partial charge on any atom is 0.317 e. The summed E-state index contributed by atoms with van der Waals surface area (Å²) in [5.41, 5.74) is 2.34. The van der Waals surface area contributed by atoms with E-state index in [0.717, 1.165) is 31.4 Å². The molecule has 2 N–H and O–H groups in total. The largest absolute Gasteiger partial charge is 0.481 e. The van der Waals surface area contributed by atoms with Gasteiger partial charge < -0.3 is 15.3 Å². The highest BCUT2D eigenvalue weighted by molar-refractivity contribution is 7.08. The zero-order valence-corrected chi connectivity index (χ0v) is 13.1. The van der Waals surface area contributed by atoms with E-state index in [0.29, 0.717) is 13.0 Å². The number of hydrogen-bond donors (Lipinski definition) is 2. The lowest BCUT2D eigenvalue weighted by atomic mass is 9.98. The van der Waals surface area contributed by atoms with Gasteiger partial charge >= 0.3 is 12.0 Å². The highest BCUT2D eigenvalue weighted by Gasteiger charge is 2.26. The first-order valence-electron chi connectivity index (χ1n) is 7.36. The Morgan fingerprint density at radius 3 is 2.90 bits per heavy atom. The Hall–Kier alpha value is -1.56. The molecule has 0 saturated carbocycles. The summed E-state index contributed by atoms with van der Waals surface area (Å²) in [7, 11) is 0. The van der Waals surface area contributed by atoms with E-state index in [1.807, 2.05) is 17.2 Å². The van der Waals surface area contributed by atoms with Gasteiger partial charge in [-0.3, -0.25) is 4.79 Å². The molecule has 1 atom stereocenters. The fraction of sp³-hybridized carbons (Fsp3) is 0.600. The Kier molecular flexibility index (Phi) is 5.61. The second-order valence-corrected chi connectivity index (χ2v) is 6.26. The van der Waals surface area contributed by atoms with Gasteiger partial charge in [-0.2, -0.15) is 11.3 Å². The lowest BCUT2D eigenvalue weighted by molar-refractivity contribution is -0.137. The molecule has 2 heterocycles. The number of nitrogens with one attached hydrogen (secondary N) is 1. The summed E-state index contributed by atoms with van der Waals surface area (Å²) >= 11 is 1.64. The second-order valence-electron chi connectivity index (χ2n) is 5.51. The van der Waals surface area contributed by atoms with Gasteiger partial charge in [0.1, 0.15) is 0 Å². The Bertz CT molecular complexity index is 501. The quantitative estimate of drug-likeness (QED) is 0.878. The van der Waals surface area contributed by atoms with Crippen LogP contribution in [-0.4, -0.2) is 34.6 Å². The topological polar surface area (TPSA) is 69.6 Å². The molecule has 0 spiro atoms. The summed E-state index contributed by atoms with van der Waals surface area (Å²) < 4.78 is 0. The first kappa shape index (κ1) is 15.8. The molecular formula is C15H22N2O3S. The third-order valence-electron chi connectivity index (χ3n) is 3.97. The minimum atomic E-state index is -0.796. The number of aliphatic carboxylic acids is 1. The van der Waals surface area contributed by atoms with Crippen molar-refractivity contribution in [1.82, 2.24) is 10.2 Å². The molecule has 1 fully saturated rings. The number of amides is 2. The first-order valence-corrected chi connectivity index (χ1v) is 8.30. The van der Waals surface area contributed by atoms with Crippen LogP contribution in [0.15, 0.2) is 10.8 Å². The number of carboxylic acid groups (broad SMARTS) is 1.